The molecule has 5 heteroatoms. The van der Waals surface area contributed by atoms with Gasteiger partial charge in [-0.3, -0.25) is 9.59 Å². The predicted octanol–water partition coefficient (Wildman–Crippen LogP) is 1.49. The number of carbonyl (C=O) groups is 2. The van der Waals surface area contributed by atoms with E-state index in [0.717, 1.165) is 5.69 Å². The van der Waals surface area contributed by atoms with E-state index < -0.39 is 17.6 Å². The van der Waals surface area contributed by atoms with Gasteiger partial charge in [-0.15, -0.1) is 0 Å². The summed E-state index contributed by atoms with van der Waals surface area (Å²) in [4.78, 5) is 24.8. The quantitative estimate of drug-likeness (QED) is 0.845. The second-order valence-corrected chi connectivity index (χ2v) is 4.99. The van der Waals surface area contributed by atoms with Crippen LogP contribution in [0.2, 0.25) is 0 Å². The number of amides is 1. The lowest BCUT2D eigenvalue weighted by Crippen LogP contribution is -2.56. The summed E-state index contributed by atoms with van der Waals surface area (Å²) in [5.74, 6) is -1.37. The molecule has 0 heterocycles. The van der Waals surface area contributed by atoms with Crippen LogP contribution in [0, 0.1) is 0 Å². The molecule has 5 nitrogen and oxygen atoms in total. The zero-order valence-electron chi connectivity index (χ0n) is 11.7. The lowest BCUT2D eigenvalue weighted by Gasteiger charge is -2.36. The van der Waals surface area contributed by atoms with Gasteiger partial charge in [-0.2, -0.15) is 0 Å². The minimum Gasteiger partial charge on any atom is -0.480 e. The summed E-state index contributed by atoms with van der Waals surface area (Å²) in [5, 5.41) is 11.3. The first kappa shape index (κ1) is 15.0. The van der Waals surface area contributed by atoms with Crippen LogP contribution < -0.4 is 10.2 Å². The molecule has 1 rings (SSSR count). The number of carboxylic acids is 1. The van der Waals surface area contributed by atoms with Gasteiger partial charge in [0.05, 0.1) is 0 Å². The Morgan fingerprint density at radius 2 is 1.79 bits per heavy atom. The lowest BCUT2D eigenvalue weighted by atomic mass is 10.0. The Hall–Kier alpha value is -2.04. The SMILES string of the molecule is CC(NC(=O)C(C)(C)N(C)c1ccccc1)C(=O)O. The fourth-order valence-electron chi connectivity index (χ4n) is 1.56. The zero-order chi connectivity index (χ0) is 14.6. The summed E-state index contributed by atoms with van der Waals surface area (Å²) in [6, 6.07) is 8.57. The first-order valence-electron chi connectivity index (χ1n) is 6.09. The number of hydrogen-bond acceptors (Lipinski definition) is 3. The summed E-state index contributed by atoms with van der Waals surface area (Å²) >= 11 is 0. The number of benzene rings is 1. The molecule has 0 aliphatic rings. The second kappa shape index (κ2) is 5.73. The van der Waals surface area contributed by atoms with Crippen molar-refractivity contribution in [1.82, 2.24) is 5.32 Å². The van der Waals surface area contributed by atoms with Crippen LogP contribution >= 0.6 is 0 Å². The number of nitrogens with zero attached hydrogens (tertiary/aromatic N) is 1. The summed E-state index contributed by atoms with van der Waals surface area (Å²) in [6.45, 7) is 4.95. The van der Waals surface area contributed by atoms with Gasteiger partial charge in [0.15, 0.2) is 0 Å². The Kier molecular flexibility index (Phi) is 4.53. The van der Waals surface area contributed by atoms with Crippen LogP contribution in [0.4, 0.5) is 5.69 Å². The highest BCUT2D eigenvalue weighted by molar-refractivity contribution is 5.92. The van der Waals surface area contributed by atoms with Crippen molar-refractivity contribution >= 4 is 17.6 Å². The number of rotatable bonds is 5. The second-order valence-electron chi connectivity index (χ2n) is 4.99. The molecule has 1 atom stereocenters. The molecule has 0 saturated carbocycles. The molecule has 2 N–H and O–H groups in total. The fraction of sp³-hybridized carbons (Fsp3) is 0.429. The van der Waals surface area contributed by atoms with Gasteiger partial charge >= 0.3 is 5.97 Å². The Morgan fingerprint density at radius 1 is 1.26 bits per heavy atom. The van der Waals surface area contributed by atoms with Crippen molar-refractivity contribution in [3.63, 3.8) is 0 Å². The largest absolute Gasteiger partial charge is 0.480 e. The molecule has 0 bridgehead atoms. The van der Waals surface area contributed by atoms with E-state index in [4.69, 9.17) is 5.11 Å². The fourth-order valence-corrected chi connectivity index (χ4v) is 1.56. The lowest BCUT2D eigenvalue weighted by molar-refractivity contribution is -0.141. The van der Waals surface area contributed by atoms with Crippen molar-refractivity contribution in [3.05, 3.63) is 30.3 Å². The molecule has 1 aromatic rings. The van der Waals surface area contributed by atoms with Gasteiger partial charge in [-0.25, -0.2) is 0 Å². The molecule has 19 heavy (non-hydrogen) atoms. The molecule has 1 unspecified atom stereocenters. The summed E-state index contributed by atoms with van der Waals surface area (Å²) in [5.41, 5.74) is 0.0519. The molecule has 1 amide bonds. The number of carbonyl (C=O) groups excluding carboxylic acids is 1. The molecule has 0 spiro atoms. The van der Waals surface area contributed by atoms with Crippen molar-refractivity contribution in [3.8, 4) is 0 Å². The molecule has 0 fully saturated rings. The van der Waals surface area contributed by atoms with Gasteiger partial charge < -0.3 is 15.3 Å². The molecular weight excluding hydrogens is 244 g/mol. The minimum atomic E-state index is -1.05. The van der Waals surface area contributed by atoms with E-state index in [1.54, 1.807) is 20.9 Å². The molecule has 0 radical (unpaired) electrons. The van der Waals surface area contributed by atoms with Gasteiger partial charge in [0, 0.05) is 12.7 Å². The van der Waals surface area contributed by atoms with Gasteiger partial charge in [-0.05, 0) is 32.9 Å². The van der Waals surface area contributed by atoms with E-state index in [9.17, 15) is 9.59 Å². The Labute approximate surface area is 113 Å². The third kappa shape index (κ3) is 3.47. The Balaban J connectivity index is 2.85. The first-order chi connectivity index (χ1) is 8.76. The molecular formula is C14H20N2O3. The van der Waals surface area contributed by atoms with E-state index >= 15 is 0 Å². The van der Waals surface area contributed by atoms with E-state index in [1.807, 2.05) is 35.2 Å². The first-order valence-corrected chi connectivity index (χ1v) is 6.09. The average molecular weight is 264 g/mol. The van der Waals surface area contributed by atoms with E-state index in [1.165, 1.54) is 6.92 Å². The zero-order valence-corrected chi connectivity index (χ0v) is 11.7. The number of aliphatic carboxylic acids is 1. The smallest absolute Gasteiger partial charge is 0.325 e. The average Bonchev–Trinajstić information content (AvgIpc) is 2.38. The topological polar surface area (TPSA) is 69.6 Å². The van der Waals surface area contributed by atoms with Crippen LogP contribution in [0.5, 0.6) is 0 Å². The highest BCUT2D eigenvalue weighted by Crippen LogP contribution is 2.22. The number of likely N-dealkylation sites (N-methyl/N-ethyl adjacent to an activating group) is 1. The van der Waals surface area contributed by atoms with Crippen LogP contribution in [0.1, 0.15) is 20.8 Å². The molecule has 104 valence electrons. The normalized spacial score (nSPS) is 12.6. The molecule has 0 aliphatic carbocycles. The van der Waals surface area contributed by atoms with Gasteiger partial charge in [0.2, 0.25) is 5.91 Å². The van der Waals surface area contributed by atoms with Gasteiger partial charge in [-0.1, -0.05) is 18.2 Å². The number of nitrogens with one attached hydrogen (secondary N) is 1. The number of hydrogen-bond donors (Lipinski definition) is 2. The highest BCUT2D eigenvalue weighted by Gasteiger charge is 2.34. The predicted molar refractivity (Wildman–Crippen MR) is 74.2 cm³/mol. The van der Waals surface area contributed by atoms with E-state index in [-0.39, 0.29) is 5.91 Å². The molecule has 1 aromatic carbocycles. The van der Waals surface area contributed by atoms with Crippen LogP contribution in [0.25, 0.3) is 0 Å². The van der Waals surface area contributed by atoms with Crippen LogP contribution in [-0.4, -0.2) is 35.6 Å². The van der Waals surface area contributed by atoms with Crippen molar-refractivity contribution in [1.29, 1.82) is 0 Å². The van der Waals surface area contributed by atoms with E-state index in [0.29, 0.717) is 0 Å². The number of anilines is 1. The molecule has 0 saturated heterocycles. The Morgan fingerprint density at radius 3 is 2.26 bits per heavy atom. The standard InChI is InChI=1S/C14H20N2O3/c1-10(12(17)18)15-13(19)14(2,3)16(4)11-8-6-5-7-9-11/h5-10H,1-4H3,(H,15,19)(H,17,18). The van der Waals surface area contributed by atoms with Crippen LogP contribution in [-0.2, 0) is 9.59 Å². The van der Waals surface area contributed by atoms with Crippen molar-refractivity contribution in [2.45, 2.75) is 32.4 Å². The Bertz CT molecular complexity index is 457. The molecule has 0 aliphatic heterocycles. The van der Waals surface area contributed by atoms with Crippen molar-refractivity contribution < 1.29 is 14.7 Å². The highest BCUT2D eigenvalue weighted by atomic mass is 16.4. The van der Waals surface area contributed by atoms with Crippen molar-refractivity contribution in [2.75, 3.05) is 11.9 Å². The monoisotopic (exact) mass is 264 g/mol. The summed E-state index contributed by atoms with van der Waals surface area (Å²) < 4.78 is 0. The van der Waals surface area contributed by atoms with Crippen molar-refractivity contribution in [2.24, 2.45) is 0 Å². The van der Waals surface area contributed by atoms with Crippen LogP contribution in [0.15, 0.2) is 30.3 Å². The maximum absolute atomic E-state index is 12.2. The molecule has 0 aromatic heterocycles. The van der Waals surface area contributed by atoms with E-state index in [2.05, 4.69) is 5.32 Å². The van der Waals surface area contributed by atoms with Crippen LogP contribution in [0.3, 0.4) is 0 Å². The summed E-state index contributed by atoms with van der Waals surface area (Å²) in [7, 11) is 1.81. The number of carboxylic acid groups (broad SMARTS) is 1. The third-order valence-electron chi connectivity index (χ3n) is 3.26. The minimum absolute atomic E-state index is 0.325. The van der Waals surface area contributed by atoms with Gasteiger partial charge in [0.1, 0.15) is 11.6 Å². The number of para-hydroxylation sites is 1. The maximum Gasteiger partial charge on any atom is 0.325 e. The third-order valence-corrected chi connectivity index (χ3v) is 3.26. The van der Waals surface area contributed by atoms with Gasteiger partial charge in [0.25, 0.3) is 0 Å². The maximum atomic E-state index is 12.2. The summed E-state index contributed by atoms with van der Waals surface area (Å²) in [6.07, 6.45) is 0.